The van der Waals surface area contributed by atoms with E-state index in [1.807, 2.05) is 12.1 Å². The largest absolute Gasteiger partial charge is 0.311 e. The van der Waals surface area contributed by atoms with Gasteiger partial charge in [0.15, 0.2) is 0 Å². The average Bonchev–Trinajstić information content (AvgIpc) is 2.46. The first-order valence-electron chi connectivity index (χ1n) is 8.32. The minimum Gasteiger partial charge on any atom is -0.311 e. The third kappa shape index (κ3) is 4.52. The van der Waals surface area contributed by atoms with Crippen molar-refractivity contribution in [1.29, 1.82) is 0 Å². The normalized spacial score (nSPS) is 23.7. The Labute approximate surface area is 128 Å². The van der Waals surface area contributed by atoms with Gasteiger partial charge in [0.1, 0.15) is 5.82 Å². The molecular formula is C18H29FN2. The Morgan fingerprint density at radius 1 is 1.33 bits per heavy atom. The minimum atomic E-state index is -0.0705. The Balaban J connectivity index is 1.97. The number of rotatable bonds is 6. The van der Waals surface area contributed by atoms with Crippen molar-refractivity contribution in [1.82, 2.24) is 10.2 Å². The van der Waals surface area contributed by atoms with Gasteiger partial charge in [-0.05, 0) is 30.4 Å². The zero-order valence-electron chi connectivity index (χ0n) is 13.6. The second kappa shape index (κ2) is 7.90. The van der Waals surface area contributed by atoms with Crippen LogP contribution in [-0.4, -0.2) is 36.6 Å². The van der Waals surface area contributed by atoms with Crippen LogP contribution < -0.4 is 5.32 Å². The molecule has 21 heavy (non-hydrogen) atoms. The lowest BCUT2D eigenvalue weighted by Crippen LogP contribution is -2.58. The van der Waals surface area contributed by atoms with Gasteiger partial charge in [0.05, 0.1) is 0 Å². The van der Waals surface area contributed by atoms with Crippen molar-refractivity contribution < 1.29 is 4.39 Å². The predicted octanol–water partition coefficient (Wildman–Crippen LogP) is 3.47. The molecule has 1 heterocycles. The van der Waals surface area contributed by atoms with Gasteiger partial charge < -0.3 is 5.32 Å². The van der Waals surface area contributed by atoms with Gasteiger partial charge in [-0.25, -0.2) is 4.39 Å². The van der Waals surface area contributed by atoms with Crippen LogP contribution in [0.1, 0.15) is 39.2 Å². The third-order valence-corrected chi connectivity index (χ3v) is 4.57. The van der Waals surface area contributed by atoms with Crippen LogP contribution in [0.4, 0.5) is 4.39 Å². The summed E-state index contributed by atoms with van der Waals surface area (Å²) in [4.78, 5) is 2.56. The van der Waals surface area contributed by atoms with Crippen molar-refractivity contribution in [3.63, 3.8) is 0 Å². The van der Waals surface area contributed by atoms with Crippen LogP contribution in [0.5, 0.6) is 0 Å². The van der Waals surface area contributed by atoms with Crippen molar-refractivity contribution in [2.24, 2.45) is 5.92 Å². The summed E-state index contributed by atoms with van der Waals surface area (Å²) in [5.74, 6) is 0.555. The molecule has 0 spiro atoms. The molecule has 118 valence electrons. The summed E-state index contributed by atoms with van der Waals surface area (Å²) in [6.07, 6.45) is 3.24. The SMILES string of the molecule is CCCC1CN(CCc2ccccc2F)C(C(C)C)CN1. The first-order chi connectivity index (χ1) is 10.1. The number of hydrogen-bond donors (Lipinski definition) is 1. The number of nitrogens with zero attached hydrogens (tertiary/aromatic N) is 1. The lowest BCUT2D eigenvalue weighted by atomic mass is 9.96. The van der Waals surface area contributed by atoms with E-state index < -0.39 is 0 Å². The van der Waals surface area contributed by atoms with Gasteiger partial charge in [0.2, 0.25) is 0 Å². The summed E-state index contributed by atoms with van der Waals surface area (Å²) in [7, 11) is 0. The third-order valence-electron chi connectivity index (χ3n) is 4.57. The molecule has 1 aliphatic rings. The number of halogens is 1. The Morgan fingerprint density at radius 3 is 2.76 bits per heavy atom. The maximum absolute atomic E-state index is 13.8. The second-order valence-corrected chi connectivity index (χ2v) is 6.54. The summed E-state index contributed by atoms with van der Waals surface area (Å²) in [6, 6.07) is 8.31. The molecule has 0 bridgehead atoms. The Morgan fingerprint density at radius 2 is 2.10 bits per heavy atom. The molecule has 0 aromatic heterocycles. The van der Waals surface area contributed by atoms with E-state index >= 15 is 0 Å². The fourth-order valence-corrected chi connectivity index (χ4v) is 3.32. The summed E-state index contributed by atoms with van der Waals surface area (Å²) in [6.45, 7) is 9.89. The number of nitrogens with one attached hydrogen (secondary N) is 1. The molecule has 0 saturated carbocycles. The van der Waals surface area contributed by atoms with Crippen LogP contribution in [0.25, 0.3) is 0 Å². The molecule has 0 radical (unpaired) electrons. The highest BCUT2D eigenvalue weighted by molar-refractivity contribution is 5.17. The van der Waals surface area contributed by atoms with E-state index in [1.165, 1.54) is 12.8 Å². The van der Waals surface area contributed by atoms with Gasteiger partial charge >= 0.3 is 0 Å². The fraction of sp³-hybridized carbons (Fsp3) is 0.667. The van der Waals surface area contributed by atoms with Gasteiger partial charge in [-0.3, -0.25) is 4.90 Å². The molecule has 2 atom stereocenters. The zero-order valence-corrected chi connectivity index (χ0v) is 13.6. The molecule has 0 aliphatic carbocycles. The maximum atomic E-state index is 13.8. The smallest absolute Gasteiger partial charge is 0.126 e. The van der Waals surface area contributed by atoms with Crippen LogP contribution in [-0.2, 0) is 6.42 Å². The summed E-state index contributed by atoms with van der Waals surface area (Å²) in [5.41, 5.74) is 0.839. The lowest BCUT2D eigenvalue weighted by Gasteiger charge is -2.42. The van der Waals surface area contributed by atoms with E-state index in [1.54, 1.807) is 12.1 Å². The maximum Gasteiger partial charge on any atom is 0.126 e. The molecule has 1 aromatic rings. The first kappa shape index (κ1) is 16.4. The molecule has 2 rings (SSSR count). The highest BCUT2D eigenvalue weighted by Crippen LogP contribution is 2.18. The molecule has 1 saturated heterocycles. The van der Waals surface area contributed by atoms with Gasteiger partial charge in [0.25, 0.3) is 0 Å². The second-order valence-electron chi connectivity index (χ2n) is 6.54. The predicted molar refractivity (Wildman–Crippen MR) is 87.0 cm³/mol. The Hall–Kier alpha value is -0.930. The van der Waals surface area contributed by atoms with Crippen molar-refractivity contribution in [2.75, 3.05) is 19.6 Å². The van der Waals surface area contributed by atoms with E-state index in [0.717, 1.165) is 31.6 Å². The zero-order chi connectivity index (χ0) is 15.2. The molecule has 1 fully saturated rings. The van der Waals surface area contributed by atoms with Crippen molar-refractivity contribution >= 4 is 0 Å². The van der Waals surface area contributed by atoms with E-state index in [9.17, 15) is 4.39 Å². The van der Waals surface area contributed by atoms with Gasteiger partial charge in [-0.15, -0.1) is 0 Å². The summed E-state index contributed by atoms with van der Waals surface area (Å²) >= 11 is 0. The van der Waals surface area contributed by atoms with Crippen LogP contribution >= 0.6 is 0 Å². The molecule has 1 aromatic carbocycles. The van der Waals surface area contributed by atoms with E-state index in [-0.39, 0.29) is 5.82 Å². The number of piperazine rings is 1. The van der Waals surface area contributed by atoms with Gasteiger partial charge in [-0.2, -0.15) is 0 Å². The first-order valence-corrected chi connectivity index (χ1v) is 8.32. The lowest BCUT2D eigenvalue weighted by molar-refractivity contribution is 0.0967. The van der Waals surface area contributed by atoms with Gasteiger partial charge in [-0.1, -0.05) is 45.4 Å². The van der Waals surface area contributed by atoms with E-state index in [0.29, 0.717) is 18.0 Å². The summed E-state index contributed by atoms with van der Waals surface area (Å²) in [5, 5.41) is 3.68. The van der Waals surface area contributed by atoms with Crippen LogP contribution in [0.3, 0.4) is 0 Å². The molecule has 2 nitrogen and oxygen atoms in total. The standard InChI is InChI=1S/C18H29FN2/c1-4-7-16-13-21(18(12-20-16)14(2)3)11-10-15-8-5-6-9-17(15)19/h5-6,8-9,14,16,18,20H,4,7,10-13H2,1-3H3. The minimum absolute atomic E-state index is 0.0705. The van der Waals surface area contributed by atoms with E-state index in [2.05, 4.69) is 31.0 Å². The van der Waals surface area contributed by atoms with Crippen LogP contribution in [0.2, 0.25) is 0 Å². The topological polar surface area (TPSA) is 15.3 Å². The average molecular weight is 292 g/mol. The highest BCUT2D eigenvalue weighted by Gasteiger charge is 2.29. The van der Waals surface area contributed by atoms with Crippen LogP contribution in [0.15, 0.2) is 24.3 Å². The molecule has 1 aliphatic heterocycles. The van der Waals surface area contributed by atoms with Crippen molar-refractivity contribution in [3.05, 3.63) is 35.6 Å². The Bertz CT molecular complexity index is 433. The number of benzene rings is 1. The molecule has 1 N–H and O–H groups in total. The van der Waals surface area contributed by atoms with Crippen LogP contribution in [0, 0.1) is 11.7 Å². The molecule has 0 amide bonds. The monoisotopic (exact) mass is 292 g/mol. The Kier molecular flexibility index (Phi) is 6.19. The summed E-state index contributed by atoms with van der Waals surface area (Å²) < 4.78 is 13.8. The van der Waals surface area contributed by atoms with Crippen molar-refractivity contribution in [3.8, 4) is 0 Å². The van der Waals surface area contributed by atoms with E-state index in [4.69, 9.17) is 0 Å². The molecule has 2 unspecified atom stereocenters. The van der Waals surface area contributed by atoms with Gasteiger partial charge in [0, 0.05) is 31.7 Å². The molecule has 3 heteroatoms. The highest BCUT2D eigenvalue weighted by atomic mass is 19.1. The number of hydrogen-bond acceptors (Lipinski definition) is 2. The quantitative estimate of drug-likeness (QED) is 0.863. The fourth-order valence-electron chi connectivity index (χ4n) is 3.32. The molecular weight excluding hydrogens is 263 g/mol. The van der Waals surface area contributed by atoms with Crippen molar-refractivity contribution in [2.45, 2.75) is 52.1 Å².